The quantitative estimate of drug-likeness (QED) is 0.0279. The van der Waals surface area contributed by atoms with E-state index in [4.69, 9.17) is 24.3 Å². The number of nitrogens with two attached hydrogens (primary N) is 1. The highest BCUT2D eigenvalue weighted by Crippen LogP contribution is 2.43. The van der Waals surface area contributed by atoms with Crippen molar-refractivity contribution in [2.45, 2.75) is 187 Å². The van der Waals surface area contributed by atoms with Gasteiger partial charge in [0.2, 0.25) is 0 Å². The van der Waals surface area contributed by atoms with Crippen LogP contribution in [0.25, 0.3) is 0 Å². The van der Waals surface area contributed by atoms with Gasteiger partial charge in [0.15, 0.2) is 6.10 Å². The van der Waals surface area contributed by atoms with E-state index in [9.17, 15) is 19.0 Å². The van der Waals surface area contributed by atoms with Crippen molar-refractivity contribution < 1.29 is 37.6 Å². The van der Waals surface area contributed by atoms with E-state index in [0.717, 1.165) is 70.6 Å². The van der Waals surface area contributed by atoms with Crippen molar-refractivity contribution in [3.8, 4) is 0 Å². The molecule has 0 aliphatic heterocycles. The molecule has 10 heteroatoms. The molecule has 0 bridgehead atoms. The minimum atomic E-state index is -4.37. The molecule has 288 valence electrons. The maximum absolute atomic E-state index is 12.5. The molecule has 0 radical (unpaired) electrons. The molecule has 0 aromatic rings. The molecule has 49 heavy (non-hydrogen) atoms. The van der Waals surface area contributed by atoms with Crippen LogP contribution in [0.2, 0.25) is 0 Å². The van der Waals surface area contributed by atoms with E-state index >= 15 is 0 Å². The van der Waals surface area contributed by atoms with Gasteiger partial charge in [-0.05, 0) is 57.8 Å². The van der Waals surface area contributed by atoms with Gasteiger partial charge in [-0.15, -0.1) is 0 Å². The van der Waals surface area contributed by atoms with Gasteiger partial charge in [-0.2, -0.15) is 0 Å². The first-order chi connectivity index (χ1) is 23.8. The summed E-state index contributed by atoms with van der Waals surface area (Å²) in [6.07, 6.45) is 36.3. The zero-order chi connectivity index (χ0) is 36.1. The summed E-state index contributed by atoms with van der Waals surface area (Å²) in [4.78, 5) is 34.7. The Hall–Kier alpha value is -1.51. The number of esters is 2. The fourth-order valence-electron chi connectivity index (χ4n) is 5.31. The van der Waals surface area contributed by atoms with E-state index in [2.05, 4.69) is 38.2 Å². The van der Waals surface area contributed by atoms with Crippen molar-refractivity contribution in [2.75, 3.05) is 26.4 Å². The van der Waals surface area contributed by atoms with Crippen molar-refractivity contribution in [1.29, 1.82) is 0 Å². The van der Waals surface area contributed by atoms with Gasteiger partial charge >= 0.3 is 19.8 Å². The number of phosphoric ester groups is 1. The Morgan fingerprint density at radius 1 is 0.592 bits per heavy atom. The summed E-state index contributed by atoms with van der Waals surface area (Å²) in [6, 6.07) is 0. The standard InChI is InChI=1S/C39H74NO8P/c1-3-5-7-9-11-13-15-16-17-18-19-20-22-24-26-28-30-32-39(42)48-37(36-47-49(43,44)46-34-33-40)35-45-38(41)31-29-27-25-23-21-14-12-10-8-6-4-2/h10,12,16-17,37H,3-9,11,13-15,18-36,40H2,1-2H3,(H,43,44)/b12-10-,17-16-. The zero-order valence-electron chi connectivity index (χ0n) is 31.4. The second-order valence-electron chi connectivity index (χ2n) is 13.1. The van der Waals surface area contributed by atoms with Gasteiger partial charge in [0, 0.05) is 19.4 Å². The second kappa shape index (κ2) is 36.3. The monoisotopic (exact) mass is 716 g/mol. The molecule has 9 nitrogen and oxygen atoms in total. The van der Waals surface area contributed by atoms with Gasteiger partial charge in [-0.25, -0.2) is 4.57 Å². The Kier molecular flexibility index (Phi) is 35.2. The maximum atomic E-state index is 12.5. The van der Waals surface area contributed by atoms with Gasteiger partial charge in [0.25, 0.3) is 0 Å². The Bertz CT molecular complexity index is 866. The van der Waals surface area contributed by atoms with E-state index in [1.54, 1.807) is 0 Å². The zero-order valence-corrected chi connectivity index (χ0v) is 32.3. The molecule has 0 aromatic heterocycles. The maximum Gasteiger partial charge on any atom is 0.472 e. The second-order valence-corrected chi connectivity index (χ2v) is 14.6. The minimum absolute atomic E-state index is 0.0523. The lowest BCUT2D eigenvalue weighted by atomic mass is 10.1. The molecule has 0 aliphatic rings. The number of ether oxygens (including phenoxy) is 2. The van der Waals surface area contributed by atoms with Crippen LogP contribution in [0.3, 0.4) is 0 Å². The molecule has 0 fully saturated rings. The highest BCUT2D eigenvalue weighted by atomic mass is 31.2. The van der Waals surface area contributed by atoms with Gasteiger partial charge in [-0.3, -0.25) is 18.6 Å². The highest BCUT2D eigenvalue weighted by Gasteiger charge is 2.25. The van der Waals surface area contributed by atoms with E-state index in [0.29, 0.717) is 6.42 Å². The number of allylic oxidation sites excluding steroid dienone is 4. The van der Waals surface area contributed by atoms with Crippen LogP contribution in [0.5, 0.6) is 0 Å². The number of hydrogen-bond donors (Lipinski definition) is 2. The number of unbranched alkanes of at least 4 members (excludes halogenated alkanes) is 20. The van der Waals surface area contributed by atoms with Crippen LogP contribution >= 0.6 is 7.82 Å². The van der Waals surface area contributed by atoms with Crippen molar-refractivity contribution >= 4 is 19.8 Å². The normalized spacial score (nSPS) is 13.6. The fraction of sp³-hybridized carbons (Fsp3) is 0.846. The lowest BCUT2D eigenvalue weighted by Gasteiger charge is -2.19. The van der Waals surface area contributed by atoms with Gasteiger partial charge < -0.3 is 20.1 Å². The first-order valence-corrected chi connectivity index (χ1v) is 21.3. The molecule has 0 saturated carbocycles. The molecule has 3 N–H and O–H groups in total. The third-order valence-electron chi connectivity index (χ3n) is 8.31. The van der Waals surface area contributed by atoms with Crippen molar-refractivity contribution in [2.24, 2.45) is 5.73 Å². The molecule has 0 heterocycles. The molecule has 2 unspecified atom stereocenters. The van der Waals surface area contributed by atoms with Crippen LogP contribution in [0, 0.1) is 0 Å². The van der Waals surface area contributed by atoms with E-state index in [1.165, 1.54) is 77.0 Å². The predicted octanol–water partition coefficient (Wildman–Crippen LogP) is 10.8. The molecular formula is C39H74NO8P. The topological polar surface area (TPSA) is 134 Å². The Labute approximate surface area is 300 Å². The van der Waals surface area contributed by atoms with Gasteiger partial charge in [-0.1, -0.05) is 134 Å². The summed E-state index contributed by atoms with van der Waals surface area (Å²) >= 11 is 0. The van der Waals surface area contributed by atoms with Crippen molar-refractivity contribution in [3.05, 3.63) is 24.3 Å². The van der Waals surface area contributed by atoms with Crippen LogP contribution in [0.4, 0.5) is 0 Å². The Morgan fingerprint density at radius 2 is 1.02 bits per heavy atom. The molecule has 0 aromatic carbocycles. The molecular weight excluding hydrogens is 641 g/mol. The molecule has 0 aliphatic carbocycles. The average Bonchev–Trinajstić information content (AvgIpc) is 3.08. The van der Waals surface area contributed by atoms with Gasteiger partial charge in [0.05, 0.1) is 13.2 Å². The fourth-order valence-corrected chi connectivity index (χ4v) is 6.08. The summed E-state index contributed by atoms with van der Waals surface area (Å²) in [6.45, 7) is 3.67. The first-order valence-electron chi connectivity index (χ1n) is 19.8. The highest BCUT2D eigenvalue weighted by molar-refractivity contribution is 7.47. The lowest BCUT2D eigenvalue weighted by molar-refractivity contribution is -0.161. The lowest BCUT2D eigenvalue weighted by Crippen LogP contribution is -2.29. The van der Waals surface area contributed by atoms with E-state index in [1.807, 2.05) is 0 Å². The molecule has 0 saturated heterocycles. The molecule has 2 atom stereocenters. The van der Waals surface area contributed by atoms with E-state index < -0.39 is 32.5 Å². The Morgan fingerprint density at radius 3 is 1.51 bits per heavy atom. The van der Waals surface area contributed by atoms with Crippen LogP contribution in [-0.2, 0) is 32.7 Å². The molecule has 0 amide bonds. The number of hydrogen-bond acceptors (Lipinski definition) is 8. The number of carbonyl (C=O) groups excluding carboxylic acids is 2. The van der Waals surface area contributed by atoms with Crippen LogP contribution in [0.1, 0.15) is 181 Å². The SMILES string of the molecule is CCCC/C=C\CCCCCCCC(=O)OCC(COP(=O)(O)OCCN)OC(=O)CCCCCCCCC/C=C\CCCCCCCC. The molecule has 0 rings (SSSR count). The number of phosphoric acid groups is 1. The van der Waals surface area contributed by atoms with Crippen molar-refractivity contribution in [3.63, 3.8) is 0 Å². The van der Waals surface area contributed by atoms with Crippen LogP contribution in [0.15, 0.2) is 24.3 Å². The largest absolute Gasteiger partial charge is 0.472 e. The first kappa shape index (κ1) is 47.5. The number of carbonyl (C=O) groups is 2. The summed E-state index contributed by atoms with van der Waals surface area (Å²) in [7, 11) is -4.37. The van der Waals surface area contributed by atoms with Crippen LogP contribution in [-0.4, -0.2) is 49.3 Å². The summed E-state index contributed by atoms with van der Waals surface area (Å²) in [5.41, 5.74) is 5.33. The third kappa shape index (κ3) is 36.1. The summed E-state index contributed by atoms with van der Waals surface area (Å²) in [5, 5.41) is 0. The predicted molar refractivity (Wildman–Crippen MR) is 201 cm³/mol. The number of rotatable bonds is 37. The molecule has 0 spiro atoms. The smallest absolute Gasteiger partial charge is 0.462 e. The van der Waals surface area contributed by atoms with Crippen molar-refractivity contribution in [1.82, 2.24) is 0 Å². The summed E-state index contributed by atoms with van der Waals surface area (Å²) in [5.74, 6) is -0.844. The van der Waals surface area contributed by atoms with E-state index in [-0.39, 0.29) is 32.6 Å². The van der Waals surface area contributed by atoms with Crippen LogP contribution < -0.4 is 5.73 Å². The van der Waals surface area contributed by atoms with Gasteiger partial charge in [0.1, 0.15) is 6.61 Å². The average molecular weight is 716 g/mol. The third-order valence-corrected chi connectivity index (χ3v) is 9.29. The summed E-state index contributed by atoms with van der Waals surface area (Å²) < 4.78 is 32.6. The minimum Gasteiger partial charge on any atom is -0.462 e. The Balaban J connectivity index is 4.19.